The van der Waals surface area contributed by atoms with Gasteiger partial charge in [-0.15, -0.1) is 11.8 Å². The van der Waals surface area contributed by atoms with Gasteiger partial charge in [0, 0.05) is 129 Å². The molecule has 0 aliphatic carbocycles. The van der Waals surface area contributed by atoms with E-state index in [1.165, 1.54) is 73.5 Å². The zero-order valence-corrected chi connectivity index (χ0v) is 78.8. The lowest BCUT2D eigenvalue weighted by molar-refractivity contribution is -0.153. The summed E-state index contributed by atoms with van der Waals surface area (Å²) >= 11 is 0.701. The molecule has 0 spiro atoms. The molecule has 3 fully saturated rings. The molecule has 0 radical (unpaired) electrons. The van der Waals surface area contributed by atoms with Crippen LogP contribution in [0, 0.1) is 23.5 Å². The first-order chi connectivity index (χ1) is 65.7. The summed E-state index contributed by atoms with van der Waals surface area (Å²) in [7, 11) is 6.39. The summed E-state index contributed by atoms with van der Waals surface area (Å²) in [4.78, 5) is 248. The predicted octanol–water partition coefficient (Wildman–Crippen LogP) is 0.761. The number of ether oxygens (including phenoxy) is 2. The molecule has 4 heterocycles. The Kier molecular flexibility index (Phi) is 38.2. The van der Waals surface area contributed by atoms with Gasteiger partial charge in [0.2, 0.25) is 88.6 Å². The number of rotatable bonds is 24. The van der Waals surface area contributed by atoms with Crippen LogP contribution in [0.25, 0.3) is 10.9 Å². The quantitative estimate of drug-likeness (QED) is 0.0397. The van der Waals surface area contributed by atoms with Gasteiger partial charge in [0.05, 0.1) is 38.0 Å². The fourth-order valence-corrected chi connectivity index (χ4v) is 17.8. The largest absolute Gasteiger partial charge is 0.508 e. The number of halogens is 2. The van der Waals surface area contributed by atoms with Crippen molar-refractivity contribution in [2.75, 3.05) is 73.1 Å². The van der Waals surface area contributed by atoms with Gasteiger partial charge in [0.25, 0.3) is 0 Å². The van der Waals surface area contributed by atoms with Gasteiger partial charge in [0.15, 0.2) is 11.6 Å². The average Bonchev–Trinajstić information content (AvgIpc) is 1.56. The van der Waals surface area contributed by atoms with Crippen LogP contribution in [0.2, 0.25) is 0 Å². The van der Waals surface area contributed by atoms with Crippen LogP contribution >= 0.6 is 11.8 Å². The lowest BCUT2D eigenvalue weighted by atomic mass is 9.98. The molecule has 15 amide bonds. The van der Waals surface area contributed by atoms with E-state index in [-0.39, 0.29) is 62.9 Å². The standard InChI is InChI=1S/C97H120F2N16O22S/c1-53(2)36-69-86(124)109-75(85(123)102-48-81(100)119)51-138-52-82(120)103-73(40-59-28-33-66(98)67(99)37-59)93(131)113(7)80(42-56-20-14-11-15-21-56)95(133)111(5)76(34-35-136-8)96(134)115-50-63(118)45-79(115)92(130)107-72(46-83(121)122)89(127)110-84(54(3)4)97(135)112(6)77(41-55-18-12-10-13-19-55)90(128)108-74(39-58-26-31-64(137-9)32-27-58)94(132)114-49-62(117)44-78(114)91(129)106-71(43-60-47-101-68-23-17-16-22-65(60)68)88(126)105-70(87(125)104-69)38-57-24-29-61(116)30-25-57/h10-33,37,47,53-54,62-63,69-80,84,101,116-118H,34-36,38-46,48-52H2,1-9H3,(H2,100,119)(H,102,123)(H,103,120)(H,104,125)(H,105,126)(H,106,129)(H,107,130)(H,108,128)(H,109,124)(H,110,127)(H,121,122)/t62-,63-,69+,70-,71-,72-,73+,74-,75-,76-,77-,78+,79+,80-,84-/m0/s1. The van der Waals surface area contributed by atoms with E-state index in [9.17, 15) is 53.6 Å². The summed E-state index contributed by atoms with van der Waals surface area (Å²) in [6.45, 7) is 4.35. The number of nitrogens with two attached hydrogens (primary N) is 1. The molecule has 740 valence electrons. The zero-order chi connectivity index (χ0) is 100. The molecule has 15 atom stereocenters. The molecule has 6 aromatic carbocycles. The van der Waals surface area contributed by atoms with Gasteiger partial charge in [-0.05, 0) is 94.1 Å². The second-order valence-electron chi connectivity index (χ2n) is 35.4. The van der Waals surface area contributed by atoms with Gasteiger partial charge in [-0.1, -0.05) is 137 Å². The summed E-state index contributed by atoms with van der Waals surface area (Å²) in [5.74, 6) is -21.8. The number of likely N-dealkylation sites (N-methyl/N-ethyl adjacent to an activating group) is 3. The molecule has 0 bridgehead atoms. The molecule has 1 aromatic heterocycles. The Hall–Kier alpha value is -13.9. The van der Waals surface area contributed by atoms with Crippen molar-refractivity contribution in [3.8, 4) is 11.5 Å². The van der Waals surface area contributed by atoms with Crippen LogP contribution in [-0.2, 0) is 120 Å². The Morgan fingerprint density at radius 1 is 0.507 bits per heavy atom. The Labute approximate surface area is 800 Å². The average molecular weight is 1930 g/mol. The fraction of sp³-hybridized carbons (Fsp3) is 0.443. The first kappa shape index (κ1) is 106. The number of fused-ring (bicyclic) bond motifs is 3. The zero-order valence-electron chi connectivity index (χ0n) is 78.0. The van der Waals surface area contributed by atoms with Gasteiger partial charge >= 0.3 is 5.97 Å². The number of aromatic hydroxyl groups is 1. The molecule has 3 saturated heterocycles. The maximum absolute atomic E-state index is 15.9. The highest BCUT2D eigenvalue weighted by atomic mass is 32.2. The van der Waals surface area contributed by atoms with Crippen molar-refractivity contribution in [1.82, 2.24) is 77.3 Å². The van der Waals surface area contributed by atoms with E-state index < -0.39 is 266 Å². The minimum absolute atomic E-state index is 0.0407. The van der Waals surface area contributed by atoms with E-state index in [1.807, 2.05) is 0 Å². The number of phenolic OH excluding ortho intramolecular Hbond substituents is 1. The number of nitrogens with one attached hydrogen (secondary N) is 10. The first-order valence-electron chi connectivity index (χ1n) is 45.2. The normalized spacial score (nSPS) is 24.2. The highest BCUT2D eigenvalue weighted by Gasteiger charge is 2.49. The van der Waals surface area contributed by atoms with Crippen LogP contribution in [0.1, 0.15) is 93.2 Å². The number of thioether (sulfide) groups is 1. The summed E-state index contributed by atoms with van der Waals surface area (Å²) in [5, 5.41) is 68.3. The van der Waals surface area contributed by atoms with Crippen molar-refractivity contribution in [2.24, 2.45) is 17.6 Å². The number of carboxylic acid groups (broad SMARTS) is 1. The number of methoxy groups -OCH3 is 2. The molecule has 41 heteroatoms. The number of aliphatic hydroxyl groups is 2. The predicted molar refractivity (Wildman–Crippen MR) is 501 cm³/mol. The number of aliphatic carboxylic acids is 1. The molecule has 138 heavy (non-hydrogen) atoms. The second kappa shape index (κ2) is 49.7. The highest BCUT2D eigenvalue weighted by molar-refractivity contribution is 8.00. The third-order valence-corrected chi connectivity index (χ3v) is 25.4. The SMILES string of the molecule is COCC[C@H]1C(=O)N2C[C@@H](O)C[C@@H]2C(=O)N[C@@H](CC(=O)O)C(=O)N[C@@H](C(C)C)C(=O)N(C)[C@@H](Cc2ccccc2)C(=O)N[C@@H](Cc2ccc(OC)cc2)C(=O)N2C[C@@H](O)C[C@@H]2C(=O)N[C@@H](Cc2c[nH]c3ccccc23)C(=O)N[C@@H](Cc2ccc(O)cc2)C(=O)N[C@H](CC(C)C)C(=O)N[C@H](C(=O)NCC(N)=O)CSCC(=O)N[C@H](Cc2ccc(F)c(F)c2)C(=O)N(C)[C@@H](Cc2ccccc2)C(=O)N1C. The second-order valence-corrected chi connectivity index (χ2v) is 36.5. The van der Waals surface area contributed by atoms with E-state index in [1.54, 1.807) is 129 Å². The number of primary amides is 1. The van der Waals surface area contributed by atoms with Crippen LogP contribution in [0.5, 0.6) is 11.5 Å². The topological polar surface area (TPSA) is 539 Å². The number of H-pyrrole nitrogens is 1. The van der Waals surface area contributed by atoms with Crippen LogP contribution < -0.4 is 58.3 Å². The van der Waals surface area contributed by atoms with Crippen molar-refractivity contribution in [1.29, 1.82) is 0 Å². The lowest BCUT2D eigenvalue weighted by Crippen LogP contribution is -2.62. The van der Waals surface area contributed by atoms with Crippen molar-refractivity contribution in [3.05, 3.63) is 203 Å². The molecule has 7 aromatic rings. The minimum atomic E-state index is -2.05. The first-order valence-corrected chi connectivity index (χ1v) is 46.4. The van der Waals surface area contributed by atoms with E-state index in [0.717, 1.165) is 42.7 Å². The van der Waals surface area contributed by atoms with Gasteiger partial charge in [-0.2, -0.15) is 0 Å². The number of aliphatic hydroxyl groups excluding tert-OH is 2. The van der Waals surface area contributed by atoms with Crippen LogP contribution in [0.15, 0.2) is 158 Å². The molecule has 0 saturated carbocycles. The number of amides is 15. The summed E-state index contributed by atoms with van der Waals surface area (Å²) in [6.07, 6.45) is -6.05. The molecule has 38 nitrogen and oxygen atoms in total. The Morgan fingerprint density at radius 2 is 1.00 bits per heavy atom. The fourth-order valence-electron chi connectivity index (χ4n) is 16.9. The number of benzene rings is 6. The van der Waals surface area contributed by atoms with Crippen molar-refractivity contribution >= 4 is 117 Å². The number of carboxylic acids is 1. The van der Waals surface area contributed by atoms with Crippen LogP contribution in [0.3, 0.4) is 0 Å². The molecular weight excluding hydrogens is 1810 g/mol. The number of aromatic nitrogens is 1. The molecule has 10 rings (SSSR count). The third-order valence-electron chi connectivity index (χ3n) is 24.4. The Balaban J connectivity index is 1.07. The number of hydrogen-bond acceptors (Lipinski definition) is 22. The third kappa shape index (κ3) is 29.1. The number of aromatic amines is 1. The summed E-state index contributed by atoms with van der Waals surface area (Å²) in [6, 6.07) is 16.2. The van der Waals surface area contributed by atoms with E-state index in [0.29, 0.717) is 56.2 Å². The van der Waals surface area contributed by atoms with Gasteiger partial charge in [-0.25, -0.2) is 8.78 Å². The number of hydrogen-bond donors (Lipinski definition) is 15. The number of nitrogens with zero attached hydrogens (tertiary/aromatic N) is 5. The highest BCUT2D eigenvalue weighted by Crippen LogP contribution is 2.29. The molecular formula is C97H120F2N16O22S. The summed E-state index contributed by atoms with van der Waals surface area (Å²) < 4.78 is 40.8. The van der Waals surface area contributed by atoms with E-state index in [2.05, 4.69) is 52.8 Å². The molecule has 3 aliphatic heterocycles. The van der Waals surface area contributed by atoms with Crippen LogP contribution in [0.4, 0.5) is 8.78 Å². The molecule has 3 aliphatic rings. The van der Waals surface area contributed by atoms with Gasteiger partial charge in [-0.3, -0.25) is 76.7 Å². The summed E-state index contributed by atoms with van der Waals surface area (Å²) in [5.41, 5.74) is 8.19. The molecule has 0 unspecified atom stereocenters. The van der Waals surface area contributed by atoms with Gasteiger partial charge in [0.1, 0.15) is 90.0 Å². The minimum Gasteiger partial charge on any atom is -0.508 e. The van der Waals surface area contributed by atoms with E-state index in [4.69, 9.17) is 15.2 Å². The van der Waals surface area contributed by atoms with Crippen LogP contribution in [-0.4, -0.2) is 308 Å². The number of carbonyl (C=O) groups is 16. The monoisotopic (exact) mass is 1930 g/mol. The maximum Gasteiger partial charge on any atom is 0.305 e. The lowest BCUT2D eigenvalue weighted by Gasteiger charge is -2.37. The smallest absolute Gasteiger partial charge is 0.305 e. The molecule has 16 N–H and O–H groups in total. The maximum atomic E-state index is 15.9. The van der Waals surface area contributed by atoms with Crippen molar-refractivity contribution in [3.63, 3.8) is 0 Å². The van der Waals surface area contributed by atoms with E-state index >= 15 is 52.3 Å². The van der Waals surface area contributed by atoms with Crippen molar-refractivity contribution in [2.45, 2.75) is 189 Å². The van der Waals surface area contributed by atoms with Gasteiger partial charge < -0.3 is 113 Å². The Morgan fingerprint density at radius 3 is 1.58 bits per heavy atom. The number of para-hydroxylation sites is 1. The number of phenols is 1. The van der Waals surface area contributed by atoms with Crippen molar-refractivity contribution < 1.29 is 115 Å². The number of carbonyl (C=O) groups excluding carboxylic acids is 15. The Bertz CT molecular complexity index is 5510.